The number of benzene rings is 1. The number of rotatable bonds is 5. The van der Waals surface area contributed by atoms with Crippen LogP contribution in [0.5, 0.6) is 0 Å². The topological polar surface area (TPSA) is 36.0 Å². The van der Waals surface area contributed by atoms with Gasteiger partial charge in [0.15, 0.2) is 0 Å². The van der Waals surface area contributed by atoms with Gasteiger partial charge in [-0.15, -0.1) is 0 Å². The zero-order valence-electron chi connectivity index (χ0n) is 21.5. The van der Waals surface area contributed by atoms with Crippen LogP contribution in [0.2, 0.25) is 0 Å². The number of ether oxygens (including phenoxy) is 1. The smallest absolute Gasteiger partial charge is 0.410 e. The van der Waals surface area contributed by atoms with Crippen LogP contribution in [0.1, 0.15) is 58.4 Å². The van der Waals surface area contributed by atoms with Crippen molar-refractivity contribution in [3.8, 4) is 0 Å². The van der Waals surface area contributed by atoms with Crippen molar-refractivity contribution in [1.82, 2.24) is 14.7 Å². The van der Waals surface area contributed by atoms with Crippen LogP contribution in [0.4, 0.5) is 13.6 Å². The molecule has 0 saturated carbocycles. The second-order valence-corrected chi connectivity index (χ2v) is 11.5. The van der Waals surface area contributed by atoms with Crippen molar-refractivity contribution in [1.29, 1.82) is 0 Å². The molecule has 0 N–H and O–H groups in total. The van der Waals surface area contributed by atoms with Gasteiger partial charge in [0.25, 0.3) is 5.92 Å². The lowest BCUT2D eigenvalue weighted by molar-refractivity contribution is -0.0357. The number of halogens is 2. The highest BCUT2D eigenvalue weighted by atomic mass is 19.3. The Morgan fingerprint density at radius 3 is 2.17 bits per heavy atom. The molecular weight excluding hydrogens is 448 g/mol. The Kier molecular flexibility index (Phi) is 8.04. The summed E-state index contributed by atoms with van der Waals surface area (Å²) in [6.45, 7) is 9.49. The van der Waals surface area contributed by atoms with Gasteiger partial charge < -0.3 is 14.5 Å². The summed E-state index contributed by atoms with van der Waals surface area (Å²) >= 11 is 0. The van der Waals surface area contributed by atoms with Crippen LogP contribution >= 0.6 is 0 Å². The molecule has 3 heterocycles. The Morgan fingerprint density at radius 1 is 1.00 bits per heavy atom. The molecule has 3 aliphatic rings. The zero-order chi connectivity index (χ0) is 25.1. The number of likely N-dealkylation sites (tertiary alicyclic amines) is 2. The normalized spacial score (nSPS) is 22.7. The lowest BCUT2D eigenvalue weighted by Gasteiger charge is -2.42. The lowest BCUT2D eigenvalue weighted by atomic mass is 9.82. The predicted molar refractivity (Wildman–Crippen MR) is 134 cm³/mol. The van der Waals surface area contributed by atoms with E-state index < -0.39 is 11.5 Å². The molecule has 0 aliphatic carbocycles. The van der Waals surface area contributed by atoms with Crippen molar-refractivity contribution in [2.24, 2.45) is 11.8 Å². The van der Waals surface area contributed by atoms with Gasteiger partial charge in [0.05, 0.1) is 12.2 Å². The van der Waals surface area contributed by atoms with Crippen molar-refractivity contribution in [2.75, 3.05) is 39.3 Å². The second-order valence-electron chi connectivity index (χ2n) is 11.5. The molecule has 1 aromatic rings. The van der Waals surface area contributed by atoms with E-state index in [4.69, 9.17) is 4.74 Å². The largest absolute Gasteiger partial charge is 0.444 e. The maximum atomic E-state index is 15.1. The first-order valence-electron chi connectivity index (χ1n) is 13.2. The van der Waals surface area contributed by atoms with Gasteiger partial charge in [-0.1, -0.05) is 30.3 Å². The average molecular weight is 490 g/mol. The molecule has 0 radical (unpaired) electrons. The first kappa shape index (κ1) is 25.9. The van der Waals surface area contributed by atoms with E-state index in [1.807, 2.05) is 65.8 Å². The number of hydrogen-bond donors (Lipinski definition) is 0. The van der Waals surface area contributed by atoms with Gasteiger partial charge in [0.1, 0.15) is 5.60 Å². The van der Waals surface area contributed by atoms with E-state index in [1.165, 1.54) is 0 Å². The van der Waals surface area contributed by atoms with E-state index in [2.05, 4.69) is 0 Å². The number of piperidine rings is 2. The summed E-state index contributed by atoms with van der Waals surface area (Å²) in [6.07, 6.45) is 6.60. The van der Waals surface area contributed by atoms with Crippen LogP contribution < -0.4 is 0 Å². The molecule has 2 fully saturated rings. The van der Waals surface area contributed by atoms with Crippen LogP contribution in [-0.4, -0.2) is 71.6 Å². The monoisotopic (exact) mass is 489 g/mol. The van der Waals surface area contributed by atoms with Crippen LogP contribution in [-0.2, 0) is 11.3 Å². The highest BCUT2D eigenvalue weighted by Gasteiger charge is 2.42. The fourth-order valence-electron chi connectivity index (χ4n) is 5.67. The Labute approximate surface area is 209 Å². The molecule has 0 bridgehead atoms. The third kappa shape index (κ3) is 7.18. The Balaban J connectivity index is 1.21. The molecule has 1 aromatic carbocycles. The first-order valence-corrected chi connectivity index (χ1v) is 13.2. The lowest BCUT2D eigenvalue weighted by Crippen LogP contribution is -2.49. The van der Waals surface area contributed by atoms with E-state index in [0.717, 1.165) is 50.8 Å². The van der Waals surface area contributed by atoms with E-state index in [1.54, 1.807) is 6.08 Å². The second kappa shape index (κ2) is 10.9. The van der Waals surface area contributed by atoms with Gasteiger partial charge in [-0.25, -0.2) is 4.79 Å². The summed E-state index contributed by atoms with van der Waals surface area (Å²) in [5.74, 6) is -1.63. The standard InChI is InChI=1S/C28H41F2N3O2/c1-27(2,3)35-26(34)33-17-11-23(12-18-33)19-22-9-15-32(16-10-22)25-13-14-31(21-28(25,29)30)20-24-7-5-4-6-8-24/h4-8,13,22-23H,9-12,14-21H2,1-3H3. The van der Waals surface area contributed by atoms with E-state index in [9.17, 15) is 4.79 Å². The SMILES string of the molecule is CC(C)(C)OC(=O)N1CCC(CC2CCN(C3=CCN(Cc4ccccc4)CC3(F)F)CC2)CC1. The number of alkyl halides is 2. The van der Waals surface area contributed by atoms with E-state index in [0.29, 0.717) is 38.0 Å². The summed E-state index contributed by atoms with van der Waals surface area (Å²) in [7, 11) is 0. The summed E-state index contributed by atoms with van der Waals surface area (Å²) in [5, 5.41) is 0. The third-order valence-electron chi connectivity index (χ3n) is 7.48. The van der Waals surface area contributed by atoms with Crippen LogP contribution in [0, 0.1) is 11.8 Å². The molecule has 0 atom stereocenters. The summed E-state index contributed by atoms with van der Waals surface area (Å²) in [6, 6.07) is 9.83. The van der Waals surface area contributed by atoms with E-state index >= 15 is 8.78 Å². The van der Waals surface area contributed by atoms with Gasteiger partial charge in [-0.3, -0.25) is 4.90 Å². The quantitative estimate of drug-likeness (QED) is 0.526. The minimum atomic E-state index is -2.81. The third-order valence-corrected chi connectivity index (χ3v) is 7.48. The molecule has 35 heavy (non-hydrogen) atoms. The van der Waals surface area contributed by atoms with Crippen molar-refractivity contribution < 1.29 is 18.3 Å². The first-order chi connectivity index (χ1) is 16.6. The van der Waals surface area contributed by atoms with Gasteiger partial charge in [0.2, 0.25) is 0 Å². The van der Waals surface area contributed by atoms with Crippen molar-refractivity contribution in [2.45, 2.75) is 70.9 Å². The Hall–Kier alpha value is -2.15. The molecule has 2 saturated heterocycles. The van der Waals surface area contributed by atoms with Crippen LogP contribution in [0.3, 0.4) is 0 Å². The van der Waals surface area contributed by atoms with Gasteiger partial charge in [-0.2, -0.15) is 8.78 Å². The van der Waals surface area contributed by atoms with Crippen LogP contribution in [0.25, 0.3) is 0 Å². The molecule has 5 nitrogen and oxygen atoms in total. The van der Waals surface area contributed by atoms with E-state index in [-0.39, 0.29) is 18.3 Å². The van der Waals surface area contributed by atoms with Crippen LogP contribution in [0.15, 0.2) is 42.1 Å². The number of carbonyl (C=O) groups is 1. The van der Waals surface area contributed by atoms with Gasteiger partial charge in [0, 0.05) is 39.3 Å². The predicted octanol–water partition coefficient (Wildman–Crippen LogP) is 5.77. The number of hydrogen-bond acceptors (Lipinski definition) is 4. The van der Waals surface area contributed by atoms with Gasteiger partial charge in [-0.05, 0) is 76.4 Å². The Bertz CT molecular complexity index is 868. The number of carbonyl (C=O) groups excluding carboxylic acids is 1. The fourth-order valence-corrected chi connectivity index (χ4v) is 5.67. The number of nitrogens with zero attached hydrogens (tertiary/aromatic N) is 3. The van der Waals surface area contributed by atoms with Crippen molar-refractivity contribution in [3.63, 3.8) is 0 Å². The number of amides is 1. The fraction of sp³-hybridized carbons (Fsp3) is 0.679. The maximum Gasteiger partial charge on any atom is 0.410 e. The molecular formula is C28H41F2N3O2. The summed E-state index contributed by atoms with van der Waals surface area (Å²) < 4.78 is 35.7. The minimum Gasteiger partial charge on any atom is -0.444 e. The summed E-state index contributed by atoms with van der Waals surface area (Å²) in [4.78, 5) is 17.9. The minimum absolute atomic E-state index is 0.215. The van der Waals surface area contributed by atoms with Gasteiger partial charge >= 0.3 is 6.09 Å². The molecule has 194 valence electrons. The molecule has 7 heteroatoms. The molecule has 0 unspecified atom stereocenters. The molecule has 1 amide bonds. The molecule has 4 rings (SSSR count). The molecule has 0 aromatic heterocycles. The highest BCUT2D eigenvalue weighted by molar-refractivity contribution is 5.68. The molecule has 0 spiro atoms. The summed E-state index contributed by atoms with van der Waals surface area (Å²) in [5.41, 5.74) is 0.830. The molecule has 3 aliphatic heterocycles. The maximum absolute atomic E-state index is 15.1. The van der Waals surface area contributed by atoms with Crippen molar-refractivity contribution in [3.05, 3.63) is 47.7 Å². The zero-order valence-corrected chi connectivity index (χ0v) is 21.5. The average Bonchev–Trinajstić information content (AvgIpc) is 2.79. The van der Waals surface area contributed by atoms with Crippen molar-refractivity contribution >= 4 is 6.09 Å². The Morgan fingerprint density at radius 2 is 1.60 bits per heavy atom. The highest BCUT2D eigenvalue weighted by Crippen LogP contribution is 2.36.